The molecule has 4 nitrogen and oxygen atoms in total. The van der Waals surface area contributed by atoms with Crippen molar-refractivity contribution in [3.63, 3.8) is 0 Å². The Morgan fingerprint density at radius 3 is 2.17 bits per heavy atom. The molecular formula is C28H26Cl2N4S. The van der Waals surface area contributed by atoms with E-state index in [0.29, 0.717) is 0 Å². The van der Waals surface area contributed by atoms with Crippen LogP contribution in [0.1, 0.15) is 11.3 Å². The molecule has 0 saturated carbocycles. The number of halogens is 2. The van der Waals surface area contributed by atoms with E-state index in [-0.39, 0.29) is 0 Å². The van der Waals surface area contributed by atoms with Gasteiger partial charge >= 0.3 is 0 Å². The third kappa shape index (κ3) is 6.29. The minimum absolute atomic E-state index is 0.766. The number of hydrogen-bond acceptors (Lipinski definition) is 5. The Kier molecular flexibility index (Phi) is 7.77. The molecule has 178 valence electrons. The molecule has 0 unspecified atom stereocenters. The van der Waals surface area contributed by atoms with Gasteiger partial charge in [-0.15, -0.1) is 0 Å². The van der Waals surface area contributed by atoms with Crippen LogP contribution in [0.5, 0.6) is 0 Å². The van der Waals surface area contributed by atoms with E-state index in [1.54, 1.807) is 0 Å². The van der Waals surface area contributed by atoms with E-state index >= 15 is 0 Å². The smallest absolute Gasteiger partial charge is 0.161 e. The Labute approximate surface area is 220 Å². The second kappa shape index (κ2) is 11.3. The van der Waals surface area contributed by atoms with Crippen LogP contribution in [-0.4, -0.2) is 36.1 Å². The van der Waals surface area contributed by atoms with Gasteiger partial charge in [-0.05, 0) is 35.9 Å². The van der Waals surface area contributed by atoms with Crippen LogP contribution in [0.3, 0.4) is 0 Å². The normalized spacial score (nSPS) is 13.8. The van der Waals surface area contributed by atoms with Gasteiger partial charge in [0.15, 0.2) is 5.82 Å². The highest BCUT2D eigenvalue weighted by Gasteiger charge is 2.20. The van der Waals surface area contributed by atoms with Crippen LogP contribution < -0.4 is 9.80 Å². The first kappa shape index (κ1) is 24.0. The molecule has 5 rings (SSSR count). The molecule has 0 bridgehead atoms. The molecular weight excluding hydrogens is 495 g/mol. The van der Waals surface area contributed by atoms with Crippen molar-refractivity contribution in [2.24, 2.45) is 0 Å². The van der Waals surface area contributed by atoms with E-state index in [0.717, 1.165) is 70.6 Å². The summed E-state index contributed by atoms with van der Waals surface area (Å²) in [6.45, 7) is 3.64. The lowest BCUT2D eigenvalue weighted by atomic mass is 10.2. The summed E-state index contributed by atoms with van der Waals surface area (Å²) >= 11 is 14.1. The lowest BCUT2D eigenvalue weighted by molar-refractivity contribution is 0.646. The summed E-state index contributed by atoms with van der Waals surface area (Å²) in [4.78, 5) is 14.6. The van der Waals surface area contributed by atoms with Crippen LogP contribution in [-0.2, 0) is 11.5 Å². The zero-order valence-corrected chi connectivity index (χ0v) is 21.6. The standard InChI is InChI=1S/C28H26Cl2N4S/c29-23-11-9-21(10-12-23)19-35-20-25-18-27(32-28(31-25)22-5-2-1-3-6-22)34-15-13-33(14-16-34)26-8-4-7-24(30)17-26/h1-12,17-18H,13-16,19-20H2. The number of piperazine rings is 1. The molecule has 0 atom stereocenters. The molecule has 1 aromatic heterocycles. The highest BCUT2D eigenvalue weighted by molar-refractivity contribution is 7.97. The number of anilines is 2. The van der Waals surface area contributed by atoms with Crippen molar-refractivity contribution >= 4 is 46.5 Å². The van der Waals surface area contributed by atoms with Crippen molar-refractivity contribution in [2.45, 2.75) is 11.5 Å². The lowest BCUT2D eigenvalue weighted by Gasteiger charge is -2.37. The van der Waals surface area contributed by atoms with E-state index in [1.807, 2.05) is 60.3 Å². The van der Waals surface area contributed by atoms with Gasteiger partial charge in [-0.2, -0.15) is 11.8 Å². The molecule has 1 saturated heterocycles. The quantitative estimate of drug-likeness (QED) is 0.257. The van der Waals surface area contributed by atoms with E-state index in [9.17, 15) is 0 Å². The third-order valence-electron chi connectivity index (χ3n) is 6.01. The fraction of sp³-hybridized carbons (Fsp3) is 0.214. The summed E-state index contributed by atoms with van der Waals surface area (Å²) in [6.07, 6.45) is 0. The first-order valence-corrected chi connectivity index (χ1v) is 13.6. The largest absolute Gasteiger partial charge is 0.368 e. The maximum absolute atomic E-state index is 6.21. The summed E-state index contributed by atoms with van der Waals surface area (Å²) < 4.78 is 0. The molecule has 0 amide bonds. The zero-order chi connectivity index (χ0) is 24.0. The van der Waals surface area contributed by atoms with Crippen LogP contribution in [0.25, 0.3) is 11.4 Å². The highest BCUT2D eigenvalue weighted by Crippen LogP contribution is 2.26. The van der Waals surface area contributed by atoms with Gasteiger partial charge in [0.1, 0.15) is 5.82 Å². The number of hydrogen-bond donors (Lipinski definition) is 0. The molecule has 0 aliphatic carbocycles. The summed E-state index contributed by atoms with van der Waals surface area (Å²) in [5, 5.41) is 1.54. The van der Waals surface area contributed by atoms with Gasteiger partial charge in [-0.3, -0.25) is 0 Å². The summed E-state index contributed by atoms with van der Waals surface area (Å²) in [5.74, 6) is 3.50. The Morgan fingerprint density at radius 2 is 1.43 bits per heavy atom. The molecule has 0 spiro atoms. The molecule has 0 N–H and O–H groups in total. The van der Waals surface area contributed by atoms with Crippen molar-refractivity contribution < 1.29 is 0 Å². The minimum atomic E-state index is 0.766. The van der Waals surface area contributed by atoms with E-state index in [4.69, 9.17) is 33.2 Å². The monoisotopic (exact) mass is 520 g/mol. The minimum Gasteiger partial charge on any atom is -0.368 e. The van der Waals surface area contributed by atoms with Crippen LogP contribution in [0.2, 0.25) is 10.0 Å². The van der Waals surface area contributed by atoms with Gasteiger partial charge in [0, 0.05) is 65.0 Å². The average molecular weight is 522 g/mol. The second-order valence-corrected chi connectivity index (χ2v) is 10.3. The lowest BCUT2D eigenvalue weighted by Crippen LogP contribution is -2.46. The van der Waals surface area contributed by atoms with Crippen LogP contribution >= 0.6 is 35.0 Å². The number of thioether (sulfide) groups is 1. The van der Waals surface area contributed by atoms with Gasteiger partial charge in [0.05, 0.1) is 5.69 Å². The SMILES string of the molecule is Clc1ccc(CSCc2cc(N3CCN(c4cccc(Cl)c4)CC3)nc(-c3ccccc3)n2)cc1. The predicted molar refractivity (Wildman–Crippen MR) is 150 cm³/mol. The molecule has 2 heterocycles. The second-order valence-electron chi connectivity index (χ2n) is 8.48. The molecule has 1 fully saturated rings. The van der Waals surface area contributed by atoms with Crippen LogP contribution in [0, 0.1) is 0 Å². The third-order valence-corrected chi connectivity index (χ3v) is 7.53. The number of rotatable bonds is 7. The number of benzene rings is 3. The van der Waals surface area contributed by atoms with Crippen molar-refractivity contribution in [1.82, 2.24) is 9.97 Å². The Morgan fingerprint density at radius 1 is 0.686 bits per heavy atom. The zero-order valence-electron chi connectivity index (χ0n) is 19.3. The molecule has 35 heavy (non-hydrogen) atoms. The van der Waals surface area contributed by atoms with Gasteiger partial charge in [-0.25, -0.2) is 9.97 Å². The first-order chi connectivity index (χ1) is 17.1. The number of nitrogens with zero attached hydrogens (tertiary/aromatic N) is 4. The van der Waals surface area contributed by atoms with Crippen molar-refractivity contribution in [3.8, 4) is 11.4 Å². The van der Waals surface area contributed by atoms with Crippen molar-refractivity contribution in [1.29, 1.82) is 0 Å². The molecule has 1 aliphatic heterocycles. The highest BCUT2D eigenvalue weighted by atomic mass is 35.5. The fourth-order valence-corrected chi connectivity index (χ4v) is 5.35. The van der Waals surface area contributed by atoms with Crippen molar-refractivity contribution in [2.75, 3.05) is 36.0 Å². The van der Waals surface area contributed by atoms with E-state index in [1.165, 1.54) is 11.3 Å². The predicted octanol–water partition coefficient (Wildman–Crippen LogP) is 7.21. The molecule has 4 aromatic rings. The molecule has 0 radical (unpaired) electrons. The topological polar surface area (TPSA) is 32.3 Å². The average Bonchev–Trinajstić information content (AvgIpc) is 2.90. The fourth-order valence-electron chi connectivity index (χ4n) is 4.16. The summed E-state index contributed by atoms with van der Waals surface area (Å²) in [6, 6.07) is 28.5. The molecule has 3 aromatic carbocycles. The Bertz CT molecular complexity index is 1260. The van der Waals surface area contributed by atoms with Gasteiger partial charge in [0.25, 0.3) is 0 Å². The maximum atomic E-state index is 6.21. The van der Waals surface area contributed by atoms with Gasteiger partial charge < -0.3 is 9.80 Å². The Balaban J connectivity index is 1.32. The number of aromatic nitrogens is 2. The summed E-state index contributed by atoms with van der Waals surface area (Å²) in [7, 11) is 0. The maximum Gasteiger partial charge on any atom is 0.161 e. The first-order valence-electron chi connectivity index (χ1n) is 11.6. The Hall–Kier alpha value is -2.73. The van der Waals surface area contributed by atoms with E-state index < -0.39 is 0 Å². The van der Waals surface area contributed by atoms with Gasteiger partial charge in [0.2, 0.25) is 0 Å². The van der Waals surface area contributed by atoms with Crippen molar-refractivity contribution in [3.05, 3.63) is 106 Å². The molecule has 1 aliphatic rings. The van der Waals surface area contributed by atoms with E-state index in [2.05, 4.69) is 46.2 Å². The summed E-state index contributed by atoms with van der Waals surface area (Å²) in [5.41, 5.74) is 4.51. The van der Waals surface area contributed by atoms with Crippen LogP contribution in [0.4, 0.5) is 11.5 Å². The van der Waals surface area contributed by atoms with Gasteiger partial charge in [-0.1, -0.05) is 71.7 Å². The van der Waals surface area contributed by atoms with Crippen LogP contribution in [0.15, 0.2) is 84.9 Å². The molecule has 7 heteroatoms.